The molecule has 0 aliphatic heterocycles. The Bertz CT molecular complexity index is 639. The van der Waals surface area contributed by atoms with Crippen molar-refractivity contribution in [3.05, 3.63) is 53.5 Å². The monoisotopic (exact) mass is 288 g/mol. The fourth-order valence-electron chi connectivity index (χ4n) is 1.92. The van der Waals surface area contributed by atoms with Gasteiger partial charge in [-0.1, -0.05) is 12.1 Å². The van der Waals surface area contributed by atoms with Crippen molar-refractivity contribution in [2.24, 2.45) is 0 Å². The molecule has 1 N–H and O–H groups in total. The van der Waals surface area contributed by atoms with Crippen molar-refractivity contribution in [2.75, 3.05) is 0 Å². The molecule has 0 aliphatic rings. The Morgan fingerprint density at radius 1 is 1.19 bits per heavy atom. The minimum Gasteiger partial charge on any atom is -0.483 e. The summed E-state index contributed by atoms with van der Waals surface area (Å²) in [5.41, 5.74) is 0.925. The van der Waals surface area contributed by atoms with Crippen LogP contribution in [0.4, 0.5) is 0 Å². The minimum atomic E-state index is -1.11. The lowest BCUT2D eigenvalue weighted by Crippen LogP contribution is -2.02. The standard InChI is InChI=1S/C16H16O5/c1-10(17)9-12-3-5-13(6-4-12)20-11(2)14-7-8-15(21-14)16(18)19/h3-8,11H,9H2,1-2H3,(H,18,19). The number of hydrogen-bond donors (Lipinski definition) is 1. The van der Waals surface area contributed by atoms with Gasteiger partial charge in [0.05, 0.1) is 0 Å². The quantitative estimate of drug-likeness (QED) is 0.882. The molecule has 5 nitrogen and oxygen atoms in total. The van der Waals surface area contributed by atoms with E-state index in [0.29, 0.717) is 17.9 Å². The lowest BCUT2D eigenvalue weighted by molar-refractivity contribution is -0.116. The van der Waals surface area contributed by atoms with Crippen molar-refractivity contribution in [1.29, 1.82) is 0 Å². The van der Waals surface area contributed by atoms with E-state index in [0.717, 1.165) is 5.56 Å². The van der Waals surface area contributed by atoms with Gasteiger partial charge in [0.25, 0.3) is 0 Å². The van der Waals surface area contributed by atoms with Crippen LogP contribution in [0, 0.1) is 0 Å². The van der Waals surface area contributed by atoms with Crippen molar-refractivity contribution in [2.45, 2.75) is 26.4 Å². The van der Waals surface area contributed by atoms with Crippen LogP contribution in [-0.2, 0) is 11.2 Å². The largest absolute Gasteiger partial charge is 0.483 e. The van der Waals surface area contributed by atoms with Crippen molar-refractivity contribution < 1.29 is 23.8 Å². The Kier molecular flexibility index (Phi) is 4.42. The molecule has 1 aromatic heterocycles. The van der Waals surface area contributed by atoms with E-state index in [4.69, 9.17) is 14.3 Å². The van der Waals surface area contributed by atoms with E-state index < -0.39 is 12.1 Å². The van der Waals surface area contributed by atoms with Gasteiger partial charge < -0.3 is 14.3 Å². The van der Waals surface area contributed by atoms with Crippen LogP contribution in [0.25, 0.3) is 0 Å². The van der Waals surface area contributed by atoms with Gasteiger partial charge in [0.15, 0.2) is 6.10 Å². The van der Waals surface area contributed by atoms with Crippen LogP contribution in [0.3, 0.4) is 0 Å². The molecule has 0 saturated carbocycles. The molecule has 0 bridgehead atoms. The van der Waals surface area contributed by atoms with E-state index in [1.54, 1.807) is 32.0 Å². The summed E-state index contributed by atoms with van der Waals surface area (Å²) in [6, 6.07) is 10.2. The van der Waals surface area contributed by atoms with Crippen molar-refractivity contribution >= 4 is 11.8 Å². The zero-order chi connectivity index (χ0) is 15.4. The highest BCUT2D eigenvalue weighted by molar-refractivity contribution is 5.84. The Hall–Kier alpha value is -2.56. The molecule has 2 rings (SSSR count). The normalized spacial score (nSPS) is 11.9. The molecule has 21 heavy (non-hydrogen) atoms. The maximum atomic E-state index is 11.0. The van der Waals surface area contributed by atoms with Gasteiger partial charge in [0.2, 0.25) is 5.76 Å². The number of hydrogen-bond acceptors (Lipinski definition) is 4. The molecule has 1 heterocycles. The molecule has 0 aliphatic carbocycles. The van der Waals surface area contributed by atoms with E-state index in [1.165, 1.54) is 6.07 Å². The summed E-state index contributed by atoms with van der Waals surface area (Å²) in [5.74, 6) is -0.0450. The zero-order valence-electron chi connectivity index (χ0n) is 11.8. The van der Waals surface area contributed by atoms with E-state index in [-0.39, 0.29) is 11.5 Å². The highest BCUT2D eigenvalue weighted by Gasteiger charge is 2.15. The summed E-state index contributed by atoms with van der Waals surface area (Å²) in [6.07, 6.45) is -0.00698. The number of Topliss-reactive ketones (excluding diaryl/α,β-unsaturated/α-hetero) is 1. The SMILES string of the molecule is CC(=O)Cc1ccc(OC(C)c2ccc(C(=O)O)o2)cc1. The molecule has 1 atom stereocenters. The first-order chi connectivity index (χ1) is 9.95. The maximum Gasteiger partial charge on any atom is 0.371 e. The first-order valence-electron chi connectivity index (χ1n) is 6.54. The molecule has 2 aromatic rings. The smallest absolute Gasteiger partial charge is 0.371 e. The number of furan rings is 1. The summed E-state index contributed by atoms with van der Waals surface area (Å²) < 4.78 is 10.9. The molecule has 1 unspecified atom stereocenters. The van der Waals surface area contributed by atoms with Crippen LogP contribution in [0.15, 0.2) is 40.8 Å². The first-order valence-corrected chi connectivity index (χ1v) is 6.54. The molecule has 110 valence electrons. The Labute approximate surface area is 122 Å². The lowest BCUT2D eigenvalue weighted by atomic mass is 10.1. The van der Waals surface area contributed by atoms with E-state index >= 15 is 0 Å². The summed E-state index contributed by atoms with van der Waals surface area (Å²) in [7, 11) is 0. The predicted molar refractivity (Wildman–Crippen MR) is 75.5 cm³/mol. The van der Waals surface area contributed by atoms with Crippen LogP contribution < -0.4 is 4.74 Å². The van der Waals surface area contributed by atoms with Gasteiger partial charge in [-0.2, -0.15) is 0 Å². The average molecular weight is 288 g/mol. The number of carbonyl (C=O) groups is 2. The second-order valence-corrected chi connectivity index (χ2v) is 4.79. The summed E-state index contributed by atoms with van der Waals surface area (Å²) in [4.78, 5) is 21.8. The third-order valence-electron chi connectivity index (χ3n) is 2.93. The number of carboxylic acids is 1. The fourth-order valence-corrected chi connectivity index (χ4v) is 1.92. The summed E-state index contributed by atoms with van der Waals surface area (Å²) in [5, 5.41) is 8.81. The van der Waals surface area contributed by atoms with E-state index in [1.807, 2.05) is 12.1 Å². The lowest BCUT2D eigenvalue weighted by Gasteiger charge is -2.12. The highest BCUT2D eigenvalue weighted by Crippen LogP contribution is 2.23. The molecule has 0 fully saturated rings. The zero-order valence-corrected chi connectivity index (χ0v) is 11.8. The Balaban J connectivity index is 2.02. The molecular weight excluding hydrogens is 272 g/mol. The van der Waals surface area contributed by atoms with Gasteiger partial charge in [0, 0.05) is 6.42 Å². The topological polar surface area (TPSA) is 76.7 Å². The average Bonchev–Trinajstić information content (AvgIpc) is 2.90. The molecule has 0 spiro atoms. The maximum absolute atomic E-state index is 11.0. The third-order valence-corrected chi connectivity index (χ3v) is 2.93. The van der Waals surface area contributed by atoms with Crippen LogP contribution >= 0.6 is 0 Å². The van der Waals surface area contributed by atoms with Crippen LogP contribution in [0.5, 0.6) is 5.75 Å². The van der Waals surface area contributed by atoms with Gasteiger partial charge in [-0.3, -0.25) is 4.79 Å². The van der Waals surface area contributed by atoms with Crippen LogP contribution in [0.1, 0.15) is 41.8 Å². The number of carboxylic acid groups (broad SMARTS) is 1. The fraction of sp³-hybridized carbons (Fsp3) is 0.250. The second-order valence-electron chi connectivity index (χ2n) is 4.79. The van der Waals surface area contributed by atoms with Crippen molar-refractivity contribution in [1.82, 2.24) is 0 Å². The first kappa shape index (κ1) is 14.8. The second kappa shape index (κ2) is 6.26. The molecule has 5 heteroatoms. The van der Waals surface area contributed by atoms with Gasteiger partial charge in [-0.15, -0.1) is 0 Å². The van der Waals surface area contributed by atoms with Crippen molar-refractivity contribution in [3.63, 3.8) is 0 Å². The molecule has 0 saturated heterocycles. The number of ether oxygens (including phenoxy) is 1. The third kappa shape index (κ3) is 3.95. The van der Waals surface area contributed by atoms with Gasteiger partial charge in [-0.25, -0.2) is 4.79 Å². The molecule has 0 radical (unpaired) electrons. The van der Waals surface area contributed by atoms with Gasteiger partial charge in [-0.05, 0) is 43.7 Å². The van der Waals surface area contributed by atoms with Crippen molar-refractivity contribution in [3.8, 4) is 5.75 Å². The Morgan fingerprint density at radius 2 is 1.86 bits per heavy atom. The molecular formula is C16H16O5. The van der Waals surface area contributed by atoms with E-state index in [9.17, 15) is 9.59 Å². The highest BCUT2D eigenvalue weighted by atomic mass is 16.5. The Morgan fingerprint density at radius 3 is 2.38 bits per heavy atom. The predicted octanol–water partition coefficient (Wildman–Crippen LogP) is 3.25. The van der Waals surface area contributed by atoms with Crippen LogP contribution in [0.2, 0.25) is 0 Å². The molecule has 0 amide bonds. The van der Waals surface area contributed by atoms with Crippen LogP contribution in [-0.4, -0.2) is 16.9 Å². The number of ketones is 1. The summed E-state index contributed by atoms with van der Waals surface area (Å²) in [6.45, 7) is 3.32. The number of benzene rings is 1. The van der Waals surface area contributed by atoms with E-state index in [2.05, 4.69) is 0 Å². The number of carbonyl (C=O) groups excluding carboxylic acids is 1. The molecule has 1 aromatic carbocycles. The summed E-state index contributed by atoms with van der Waals surface area (Å²) >= 11 is 0. The van der Waals surface area contributed by atoms with Gasteiger partial charge >= 0.3 is 5.97 Å². The minimum absolute atomic E-state index is 0.105. The number of aromatic carboxylic acids is 1. The number of rotatable bonds is 6. The van der Waals surface area contributed by atoms with Gasteiger partial charge in [0.1, 0.15) is 17.3 Å².